The van der Waals surface area contributed by atoms with Crippen LogP contribution in [0.5, 0.6) is 0 Å². The summed E-state index contributed by atoms with van der Waals surface area (Å²) in [4.78, 5) is 0. The maximum absolute atomic E-state index is 2.60. The number of hydrogen-bond acceptors (Lipinski definition) is 0. The second-order valence-electron chi connectivity index (χ2n) is 12.2. The topological polar surface area (TPSA) is 0 Å². The Morgan fingerprint density at radius 1 is 0.412 bits per heavy atom. The normalized spacial score (nSPS) is 12.8. The zero-order valence-electron chi connectivity index (χ0n) is 22.5. The van der Waals surface area contributed by atoms with E-state index >= 15 is 0 Å². The van der Waals surface area contributed by atoms with E-state index in [0.717, 1.165) is 0 Å². The average molecular weight is 519 g/mol. The van der Waals surface area contributed by atoms with E-state index in [1.807, 2.05) is 0 Å². The molecular weight excluding hydrogens is 473 g/mol. The molecule has 0 fully saturated rings. The van der Waals surface area contributed by atoms with Crippen molar-refractivity contribution in [2.45, 2.75) is 75.5 Å². The van der Waals surface area contributed by atoms with Gasteiger partial charge in [-0.05, 0) is 0 Å². The summed E-state index contributed by atoms with van der Waals surface area (Å²) in [6.45, 7) is 15.6. The highest BCUT2D eigenvalue weighted by Gasteiger charge is 2.30. The molecule has 0 amide bonds. The van der Waals surface area contributed by atoms with Crippen LogP contribution in [0.3, 0.4) is 0 Å². The van der Waals surface area contributed by atoms with E-state index in [1.165, 1.54) is 36.3 Å². The third-order valence-electron chi connectivity index (χ3n) is 8.20. The minimum Gasteiger partial charge on any atom is -0.0654 e. The molecule has 0 atom stereocenters. The van der Waals surface area contributed by atoms with Crippen molar-refractivity contribution < 1.29 is 0 Å². The first kappa shape index (κ1) is 27.1. The molecule has 0 aliphatic heterocycles. The highest BCUT2D eigenvalue weighted by atomic mass is 28.3. The molecule has 34 heavy (non-hydrogen) atoms. The van der Waals surface area contributed by atoms with Gasteiger partial charge < -0.3 is 0 Å². The monoisotopic (exact) mass is 518 g/mol. The molecular formula is C30H46Si4. The largest absolute Gasteiger partial charge is 0.0803 e. The van der Waals surface area contributed by atoms with Crippen molar-refractivity contribution in [2.24, 2.45) is 0 Å². The molecule has 0 heterocycles. The van der Waals surface area contributed by atoms with E-state index in [4.69, 9.17) is 0 Å². The first-order valence-corrected chi connectivity index (χ1v) is 25.3. The predicted octanol–water partition coefficient (Wildman–Crippen LogP) is 7.06. The maximum atomic E-state index is 2.60. The lowest BCUT2D eigenvalue weighted by molar-refractivity contribution is 1.18. The number of benzene rings is 3. The molecule has 0 saturated carbocycles. The Kier molecular flexibility index (Phi) is 9.55. The van der Waals surface area contributed by atoms with Gasteiger partial charge in [0.2, 0.25) is 0 Å². The Balaban J connectivity index is 1.70. The zero-order valence-corrected chi connectivity index (χ0v) is 26.6. The smallest absolute Gasteiger partial charge is 0.0654 e. The summed E-state index contributed by atoms with van der Waals surface area (Å²) in [5, 5.41) is 4.92. The Bertz CT molecular complexity index is 850. The van der Waals surface area contributed by atoms with Gasteiger partial charge in [0.15, 0.2) is 0 Å². The number of rotatable bonds is 12. The zero-order chi connectivity index (χ0) is 24.7. The van der Waals surface area contributed by atoms with E-state index in [1.54, 1.807) is 15.6 Å². The molecule has 0 nitrogen and oxygen atoms in total. The van der Waals surface area contributed by atoms with E-state index < -0.39 is 33.0 Å². The molecule has 0 spiro atoms. The van der Waals surface area contributed by atoms with Crippen LogP contribution >= 0.6 is 0 Å². The molecule has 0 unspecified atom stereocenters. The Labute approximate surface area is 214 Å². The minimum absolute atomic E-state index is 0.800. The summed E-state index contributed by atoms with van der Waals surface area (Å²) in [7, 11) is -4.89. The van der Waals surface area contributed by atoms with Crippen molar-refractivity contribution in [2.75, 3.05) is 0 Å². The first-order valence-electron chi connectivity index (χ1n) is 13.3. The van der Waals surface area contributed by atoms with Crippen LogP contribution in [0, 0.1) is 0 Å². The van der Waals surface area contributed by atoms with E-state index in [-0.39, 0.29) is 0 Å². The quantitative estimate of drug-likeness (QED) is 0.225. The molecule has 3 rings (SSSR count). The minimum atomic E-state index is -1.36. The lowest BCUT2D eigenvalue weighted by atomic mass is 10.4. The van der Waals surface area contributed by atoms with Crippen LogP contribution in [0.15, 0.2) is 91.0 Å². The number of hydrogen-bond donors (Lipinski definition) is 0. The van der Waals surface area contributed by atoms with Crippen LogP contribution in [0.25, 0.3) is 0 Å². The van der Waals surface area contributed by atoms with Crippen LogP contribution in [0.2, 0.25) is 75.5 Å². The lowest BCUT2D eigenvalue weighted by Crippen LogP contribution is -2.44. The highest BCUT2D eigenvalue weighted by Crippen LogP contribution is 2.26. The third-order valence-corrected chi connectivity index (χ3v) is 23.6. The van der Waals surface area contributed by atoms with E-state index in [9.17, 15) is 0 Å². The van der Waals surface area contributed by atoms with Crippen LogP contribution in [0.1, 0.15) is 0 Å². The fourth-order valence-electron chi connectivity index (χ4n) is 5.23. The summed E-state index contributed by atoms with van der Waals surface area (Å²) in [6, 6.07) is 43.3. The molecule has 0 aliphatic rings. The third kappa shape index (κ3) is 7.77. The molecule has 3 aromatic carbocycles. The van der Waals surface area contributed by atoms with Crippen molar-refractivity contribution in [3.05, 3.63) is 91.0 Å². The van der Waals surface area contributed by atoms with Gasteiger partial charge in [-0.2, -0.15) is 0 Å². The Morgan fingerprint density at radius 3 is 0.882 bits per heavy atom. The van der Waals surface area contributed by atoms with Crippen LogP contribution in [0.4, 0.5) is 0 Å². The molecule has 0 aliphatic carbocycles. The van der Waals surface area contributed by atoms with Crippen molar-refractivity contribution in [1.82, 2.24) is 0 Å². The van der Waals surface area contributed by atoms with Crippen molar-refractivity contribution in [3.8, 4) is 0 Å². The molecule has 0 aromatic heterocycles. The van der Waals surface area contributed by atoms with Gasteiger partial charge in [-0.1, -0.05) is 182 Å². The van der Waals surface area contributed by atoms with Gasteiger partial charge in [0.1, 0.15) is 0 Å². The summed E-state index contributed by atoms with van der Waals surface area (Å²) in [5.74, 6) is 0. The van der Waals surface area contributed by atoms with Gasteiger partial charge in [0.05, 0.1) is 24.2 Å². The first-order chi connectivity index (χ1) is 16.1. The molecule has 182 valence electrons. The molecule has 0 saturated heterocycles. The van der Waals surface area contributed by atoms with E-state index in [2.05, 4.69) is 130 Å². The summed E-state index contributed by atoms with van der Waals surface area (Å²) >= 11 is 0. The van der Waals surface area contributed by atoms with Crippen LogP contribution in [-0.4, -0.2) is 33.0 Å². The van der Waals surface area contributed by atoms with E-state index in [0.29, 0.717) is 0 Å². The summed E-state index contributed by atoms with van der Waals surface area (Å²) in [6.07, 6.45) is 0. The fourth-order valence-corrected chi connectivity index (χ4v) is 23.8. The van der Waals surface area contributed by atoms with Crippen LogP contribution in [-0.2, 0) is 0 Å². The summed E-state index contributed by atoms with van der Waals surface area (Å²) < 4.78 is 0. The lowest BCUT2D eigenvalue weighted by Gasteiger charge is -2.30. The predicted molar refractivity (Wildman–Crippen MR) is 167 cm³/mol. The van der Waals surface area contributed by atoms with Gasteiger partial charge >= 0.3 is 0 Å². The Morgan fingerprint density at radius 2 is 0.647 bits per heavy atom. The van der Waals surface area contributed by atoms with Crippen molar-refractivity contribution in [1.29, 1.82) is 0 Å². The van der Waals surface area contributed by atoms with Gasteiger partial charge in [0, 0.05) is 8.80 Å². The fraction of sp³-hybridized carbons (Fsp3) is 0.400. The van der Waals surface area contributed by atoms with Gasteiger partial charge in [-0.3, -0.25) is 0 Å². The SMILES string of the molecule is C[Si](C)(CC[SiH](CC[Si](C)(C)c1ccccc1)CC[Si](C)(C)c1ccccc1)c1ccccc1. The van der Waals surface area contributed by atoms with Crippen molar-refractivity contribution >= 4 is 48.6 Å². The molecule has 0 bridgehead atoms. The molecule has 0 N–H and O–H groups in total. The van der Waals surface area contributed by atoms with Crippen molar-refractivity contribution in [3.63, 3.8) is 0 Å². The van der Waals surface area contributed by atoms with Crippen LogP contribution < -0.4 is 15.6 Å². The second kappa shape index (κ2) is 12.0. The second-order valence-corrected chi connectivity index (χ2v) is 30.2. The molecule has 4 heteroatoms. The standard InChI is InChI=1S/C30H46Si4/c1-32(2,28-16-10-7-11-17-28)25-22-31(23-26-33(3,4)29-18-12-8-13-19-29)24-27-34(5,6)30-20-14-9-15-21-30/h7-21,31H,22-27H2,1-6H3. The molecule has 3 aromatic rings. The van der Waals surface area contributed by atoms with Gasteiger partial charge in [-0.25, -0.2) is 0 Å². The Hall–Kier alpha value is -1.47. The van der Waals surface area contributed by atoms with Gasteiger partial charge in [-0.15, -0.1) is 0 Å². The molecule has 0 radical (unpaired) electrons. The maximum Gasteiger partial charge on any atom is 0.0803 e. The van der Waals surface area contributed by atoms with Gasteiger partial charge in [0.25, 0.3) is 0 Å². The average Bonchev–Trinajstić information content (AvgIpc) is 2.85. The summed E-state index contributed by atoms with van der Waals surface area (Å²) in [5.41, 5.74) is 0. The highest BCUT2D eigenvalue weighted by molar-refractivity contribution is 6.92.